The number of imidazole rings is 1. The Kier molecular flexibility index (Phi) is 6.04. The molecule has 0 aliphatic rings. The number of carbonyl (C=O) groups is 1. The zero-order valence-electron chi connectivity index (χ0n) is 16.2. The van der Waals surface area contributed by atoms with E-state index in [0.29, 0.717) is 28.0 Å². The molecule has 0 saturated heterocycles. The van der Waals surface area contributed by atoms with Crippen molar-refractivity contribution in [2.24, 2.45) is 0 Å². The summed E-state index contributed by atoms with van der Waals surface area (Å²) in [5.74, 6) is 0.476. The van der Waals surface area contributed by atoms with E-state index in [1.807, 2.05) is 54.6 Å². The Morgan fingerprint density at radius 1 is 1.03 bits per heavy atom. The summed E-state index contributed by atoms with van der Waals surface area (Å²) in [4.78, 5) is 22.2. The maximum Gasteiger partial charge on any atom is 0.252 e. The molecule has 0 fully saturated rings. The minimum Gasteiger partial charge on any atom is -0.367 e. The molecule has 0 unspecified atom stereocenters. The van der Waals surface area contributed by atoms with E-state index in [0.717, 1.165) is 22.3 Å². The van der Waals surface area contributed by atoms with Crippen molar-refractivity contribution in [1.82, 2.24) is 9.97 Å². The number of hydrogen-bond acceptors (Lipinski definition) is 3. The van der Waals surface area contributed by atoms with Crippen LogP contribution in [0.3, 0.4) is 0 Å². The van der Waals surface area contributed by atoms with Crippen molar-refractivity contribution in [2.45, 2.75) is 6.61 Å². The minimum atomic E-state index is -0.152. The smallest absolute Gasteiger partial charge is 0.252 e. The topological polar surface area (TPSA) is 58.2 Å². The normalized spacial score (nSPS) is 11.0. The van der Waals surface area contributed by atoms with Crippen molar-refractivity contribution >= 4 is 45.8 Å². The quantitative estimate of drug-likeness (QED) is 0.418. The Bertz CT molecular complexity index is 1150. The molecule has 0 spiro atoms. The van der Waals surface area contributed by atoms with Crippen LogP contribution < -0.4 is 4.90 Å². The zero-order valence-corrected chi connectivity index (χ0v) is 17.7. The van der Waals surface area contributed by atoms with Crippen LogP contribution in [0.2, 0.25) is 10.0 Å². The van der Waals surface area contributed by atoms with Gasteiger partial charge < -0.3 is 14.6 Å². The molecule has 0 aliphatic heterocycles. The molecular formula is C23H19Cl2N3O2. The first-order valence-electron chi connectivity index (χ1n) is 9.35. The number of amides is 1. The molecule has 1 heterocycles. The fraction of sp³-hybridized carbons (Fsp3) is 0.130. The Labute approximate surface area is 184 Å². The van der Waals surface area contributed by atoms with Crippen LogP contribution in [0.15, 0.2) is 66.7 Å². The van der Waals surface area contributed by atoms with E-state index in [1.165, 1.54) is 0 Å². The largest absolute Gasteiger partial charge is 0.367 e. The van der Waals surface area contributed by atoms with Crippen LogP contribution in [-0.2, 0) is 16.1 Å². The number of aromatic amines is 1. The van der Waals surface area contributed by atoms with E-state index in [9.17, 15) is 4.79 Å². The number of hydrogen-bond donors (Lipinski definition) is 1. The molecule has 1 N–H and O–H groups in total. The van der Waals surface area contributed by atoms with Gasteiger partial charge in [0.2, 0.25) is 0 Å². The third-order valence-electron chi connectivity index (χ3n) is 4.76. The SMILES string of the molecule is CN(C(=O)COCc1ccccc1)c1ccccc1-c1nc2cc(Cl)c(Cl)cc2[nH]1. The number of ether oxygens (including phenoxy) is 1. The van der Waals surface area contributed by atoms with Crippen LogP contribution in [0, 0.1) is 0 Å². The first kappa shape index (κ1) is 20.4. The summed E-state index contributed by atoms with van der Waals surface area (Å²) < 4.78 is 5.60. The van der Waals surface area contributed by atoms with Gasteiger partial charge in [-0.3, -0.25) is 4.79 Å². The Hall–Kier alpha value is -2.86. The van der Waals surface area contributed by atoms with Gasteiger partial charge in [0.1, 0.15) is 12.4 Å². The Balaban J connectivity index is 1.54. The number of carbonyl (C=O) groups excluding carboxylic acids is 1. The number of likely N-dealkylation sites (N-methyl/N-ethyl adjacent to an activating group) is 1. The van der Waals surface area contributed by atoms with E-state index < -0.39 is 0 Å². The number of aromatic nitrogens is 2. The van der Waals surface area contributed by atoms with Gasteiger partial charge in [-0.2, -0.15) is 0 Å². The lowest BCUT2D eigenvalue weighted by Crippen LogP contribution is -2.30. The molecule has 0 radical (unpaired) electrons. The average Bonchev–Trinajstić information content (AvgIpc) is 3.16. The summed E-state index contributed by atoms with van der Waals surface area (Å²) in [7, 11) is 1.73. The molecule has 0 aliphatic carbocycles. The number of anilines is 1. The van der Waals surface area contributed by atoms with E-state index in [1.54, 1.807) is 24.1 Å². The van der Waals surface area contributed by atoms with Crippen LogP contribution >= 0.6 is 23.2 Å². The third-order valence-corrected chi connectivity index (χ3v) is 5.48. The molecule has 0 bridgehead atoms. The molecule has 30 heavy (non-hydrogen) atoms. The van der Waals surface area contributed by atoms with Gasteiger partial charge in [0.25, 0.3) is 5.91 Å². The highest BCUT2D eigenvalue weighted by Gasteiger charge is 2.18. The summed E-state index contributed by atoms with van der Waals surface area (Å²) in [5.41, 5.74) is 4.01. The molecule has 1 amide bonds. The van der Waals surface area contributed by atoms with Crippen molar-refractivity contribution in [2.75, 3.05) is 18.6 Å². The number of H-pyrrole nitrogens is 1. The molecule has 1 aromatic heterocycles. The molecule has 0 saturated carbocycles. The fourth-order valence-corrected chi connectivity index (χ4v) is 3.48. The fourth-order valence-electron chi connectivity index (χ4n) is 3.16. The molecule has 4 aromatic rings. The maximum absolute atomic E-state index is 12.7. The zero-order chi connectivity index (χ0) is 21.1. The van der Waals surface area contributed by atoms with Crippen LogP contribution in [0.5, 0.6) is 0 Å². The van der Waals surface area contributed by atoms with E-state index in [-0.39, 0.29) is 12.5 Å². The second-order valence-electron chi connectivity index (χ2n) is 6.82. The lowest BCUT2D eigenvalue weighted by Gasteiger charge is -2.20. The number of rotatable bonds is 6. The summed E-state index contributed by atoms with van der Waals surface area (Å²) >= 11 is 12.2. The number of fused-ring (bicyclic) bond motifs is 1. The highest BCUT2D eigenvalue weighted by molar-refractivity contribution is 6.42. The predicted octanol–water partition coefficient (Wildman–Crippen LogP) is 5.72. The molecular weight excluding hydrogens is 421 g/mol. The first-order chi connectivity index (χ1) is 14.5. The third kappa shape index (κ3) is 4.33. The minimum absolute atomic E-state index is 0.0227. The molecule has 4 rings (SSSR count). The van der Waals surface area contributed by atoms with Crippen molar-refractivity contribution in [3.8, 4) is 11.4 Å². The second kappa shape index (κ2) is 8.88. The Morgan fingerprint density at radius 2 is 1.73 bits per heavy atom. The number of benzene rings is 3. The standard InChI is InChI=1S/C23H19Cl2N3O2/c1-28(22(29)14-30-13-15-7-3-2-4-8-15)21-10-6-5-9-16(21)23-26-19-11-17(24)18(25)12-20(19)27-23/h2-12H,13-14H2,1H3,(H,26,27). The van der Waals surface area contributed by atoms with E-state index in [2.05, 4.69) is 9.97 Å². The van der Waals surface area contributed by atoms with Gasteiger partial charge in [0.05, 0.1) is 33.4 Å². The molecule has 152 valence electrons. The van der Waals surface area contributed by atoms with Crippen LogP contribution in [0.1, 0.15) is 5.56 Å². The van der Waals surface area contributed by atoms with Crippen LogP contribution in [0.4, 0.5) is 5.69 Å². The van der Waals surface area contributed by atoms with Crippen LogP contribution in [0.25, 0.3) is 22.4 Å². The van der Waals surface area contributed by atoms with Gasteiger partial charge in [-0.15, -0.1) is 0 Å². The summed E-state index contributed by atoms with van der Waals surface area (Å²) in [6.45, 7) is 0.359. The summed E-state index contributed by atoms with van der Waals surface area (Å²) in [5, 5.41) is 0.897. The summed E-state index contributed by atoms with van der Waals surface area (Å²) in [6, 6.07) is 20.8. The van der Waals surface area contributed by atoms with E-state index in [4.69, 9.17) is 27.9 Å². The number of nitrogens with zero attached hydrogens (tertiary/aromatic N) is 2. The first-order valence-corrected chi connectivity index (χ1v) is 10.1. The number of nitrogens with one attached hydrogen (secondary N) is 1. The van der Waals surface area contributed by atoms with Crippen molar-refractivity contribution in [1.29, 1.82) is 0 Å². The van der Waals surface area contributed by atoms with Gasteiger partial charge in [0.15, 0.2) is 0 Å². The second-order valence-corrected chi connectivity index (χ2v) is 7.63. The van der Waals surface area contributed by atoms with E-state index >= 15 is 0 Å². The van der Waals surface area contributed by atoms with Gasteiger partial charge in [0, 0.05) is 12.6 Å². The van der Waals surface area contributed by atoms with Crippen molar-refractivity contribution in [3.05, 3.63) is 82.3 Å². The highest BCUT2D eigenvalue weighted by atomic mass is 35.5. The molecule has 5 nitrogen and oxygen atoms in total. The van der Waals surface area contributed by atoms with Gasteiger partial charge in [-0.05, 0) is 29.8 Å². The summed E-state index contributed by atoms with van der Waals surface area (Å²) in [6.07, 6.45) is 0. The van der Waals surface area contributed by atoms with Gasteiger partial charge in [-0.25, -0.2) is 4.98 Å². The predicted molar refractivity (Wildman–Crippen MR) is 121 cm³/mol. The lowest BCUT2D eigenvalue weighted by molar-refractivity contribution is -0.123. The molecule has 0 atom stereocenters. The maximum atomic E-state index is 12.7. The van der Waals surface area contributed by atoms with Crippen molar-refractivity contribution in [3.63, 3.8) is 0 Å². The number of halogens is 2. The van der Waals surface area contributed by atoms with Gasteiger partial charge >= 0.3 is 0 Å². The van der Waals surface area contributed by atoms with Crippen LogP contribution in [-0.4, -0.2) is 29.5 Å². The molecule has 7 heteroatoms. The van der Waals surface area contributed by atoms with Crippen molar-refractivity contribution < 1.29 is 9.53 Å². The lowest BCUT2D eigenvalue weighted by atomic mass is 10.1. The Morgan fingerprint density at radius 3 is 2.53 bits per heavy atom. The average molecular weight is 440 g/mol. The molecule has 3 aromatic carbocycles. The highest BCUT2D eigenvalue weighted by Crippen LogP contribution is 2.32. The number of para-hydroxylation sites is 1. The monoisotopic (exact) mass is 439 g/mol. The van der Waals surface area contributed by atoms with Gasteiger partial charge in [-0.1, -0.05) is 65.7 Å².